The predicted molar refractivity (Wildman–Crippen MR) is 85.5 cm³/mol. The summed E-state index contributed by atoms with van der Waals surface area (Å²) in [5.74, 6) is -0.614. The Balaban J connectivity index is 2.48. The van der Waals surface area contributed by atoms with E-state index in [1.54, 1.807) is 7.05 Å². The van der Waals surface area contributed by atoms with Crippen LogP contribution in [0, 0.1) is 13.8 Å². The van der Waals surface area contributed by atoms with Crippen molar-refractivity contribution in [2.24, 2.45) is 0 Å². The van der Waals surface area contributed by atoms with Crippen LogP contribution in [-0.4, -0.2) is 42.8 Å². The molecule has 0 aliphatic heterocycles. The van der Waals surface area contributed by atoms with E-state index in [2.05, 4.69) is 10.6 Å². The molecular weight excluding hydrogens is 282 g/mol. The third-order valence-electron chi connectivity index (χ3n) is 3.19. The highest BCUT2D eigenvalue weighted by Crippen LogP contribution is 2.16. The van der Waals surface area contributed by atoms with E-state index < -0.39 is 0 Å². The molecular formula is C16H23N3O3. The van der Waals surface area contributed by atoms with E-state index in [1.165, 1.54) is 11.8 Å². The molecule has 1 aromatic rings. The van der Waals surface area contributed by atoms with Gasteiger partial charge in [0.2, 0.25) is 17.7 Å². The summed E-state index contributed by atoms with van der Waals surface area (Å²) in [5.41, 5.74) is 2.78. The van der Waals surface area contributed by atoms with Gasteiger partial charge in [0.05, 0.1) is 6.54 Å². The number of carbonyl (C=O) groups excluding carboxylic acids is 3. The average molecular weight is 305 g/mol. The third kappa shape index (κ3) is 5.95. The van der Waals surface area contributed by atoms with Crippen LogP contribution in [0.4, 0.5) is 5.69 Å². The van der Waals surface area contributed by atoms with Gasteiger partial charge >= 0.3 is 0 Å². The molecule has 6 nitrogen and oxygen atoms in total. The minimum absolute atomic E-state index is 0.0215. The van der Waals surface area contributed by atoms with Gasteiger partial charge in [-0.05, 0) is 31.0 Å². The fraction of sp³-hybridized carbons (Fsp3) is 0.438. The van der Waals surface area contributed by atoms with Crippen LogP contribution in [0.3, 0.4) is 0 Å². The zero-order chi connectivity index (χ0) is 16.7. The number of aryl methyl sites for hydroxylation is 2. The number of likely N-dealkylation sites (N-methyl/N-ethyl adjacent to an activating group) is 1. The number of anilines is 1. The van der Waals surface area contributed by atoms with Crippen molar-refractivity contribution in [1.29, 1.82) is 0 Å². The van der Waals surface area contributed by atoms with Crippen molar-refractivity contribution in [3.8, 4) is 0 Å². The minimum Gasteiger partial charge on any atom is -0.356 e. The molecule has 0 aliphatic carbocycles. The van der Waals surface area contributed by atoms with Crippen molar-refractivity contribution in [2.75, 3.05) is 25.5 Å². The SMILES string of the molecule is CC(=O)NCCC(=O)N(C)CC(=O)Nc1cc(C)ccc1C. The Kier molecular flexibility index (Phi) is 6.56. The van der Waals surface area contributed by atoms with Gasteiger partial charge in [-0.2, -0.15) is 0 Å². The number of benzene rings is 1. The fourth-order valence-electron chi connectivity index (χ4n) is 1.90. The Hall–Kier alpha value is -2.37. The van der Waals surface area contributed by atoms with Gasteiger partial charge < -0.3 is 15.5 Å². The lowest BCUT2D eigenvalue weighted by Crippen LogP contribution is -2.36. The van der Waals surface area contributed by atoms with Crippen LogP contribution in [0.1, 0.15) is 24.5 Å². The van der Waals surface area contributed by atoms with E-state index in [4.69, 9.17) is 0 Å². The maximum Gasteiger partial charge on any atom is 0.243 e. The zero-order valence-corrected chi connectivity index (χ0v) is 13.5. The molecule has 120 valence electrons. The van der Waals surface area contributed by atoms with Gasteiger partial charge in [0, 0.05) is 32.6 Å². The quantitative estimate of drug-likeness (QED) is 0.829. The van der Waals surface area contributed by atoms with Gasteiger partial charge in [-0.3, -0.25) is 14.4 Å². The Bertz CT molecular complexity index is 570. The largest absolute Gasteiger partial charge is 0.356 e. The molecule has 3 amide bonds. The maximum atomic E-state index is 12.0. The summed E-state index contributed by atoms with van der Waals surface area (Å²) in [7, 11) is 1.57. The van der Waals surface area contributed by atoms with Crippen molar-refractivity contribution in [1.82, 2.24) is 10.2 Å². The van der Waals surface area contributed by atoms with Crippen LogP contribution in [0.5, 0.6) is 0 Å². The topological polar surface area (TPSA) is 78.5 Å². The van der Waals surface area contributed by atoms with Gasteiger partial charge in [0.25, 0.3) is 0 Å². The Labute approximate surface area is 130 Å². The highest BCUT2D eigenvalue weighted by atomic mass is 16.2. The summed E-state index contributed by atoms with van der Waals surface area (Å²) in [4.78, 5) is 35.9. The summed E-state index contributed by atoms with van der Waals surface area (Å²) in [6.45, 7) is 5.51. The van der Waals surface area contributed by atoms with E-state index >= 15 is 0 Å². The summed E-state index contributed by atoms with van der Waals surface area (Å²) in [6, 6.07) is 5.81. The smallest absolute Gasteiger partial charge is 0.243 e. The Morgan fingerprint density at radius 1 is 1.18 bits per heavy atom. The highest BCUT2D eigenvalue weighted by Gasteiger charge is 2.13. The summed E-state index contributed by atoms with van der Waals surface area (Å²) < 4.78 is 0. The maximum absolute atomic E-state index is 12.0. The van der Waals surface area contributed by atoms with Crippen molar-refractivity contribution >= 4 is 23.4 Å². The molecule has 0 heterocycles. The third-order valence-corrected chi connectivity index (χ3v) is 3.19. The second-order valence-corrected chi connectivity index (χ2v) is 5.35. The molecule has 1 aromatic carbocycles. The second kappa shape index (κ2) is 8.17. The van der Waals surface area contributed by atoms with Crippen molar-refractivity contribution in [2.45, 2.75) is 27.2 Å². The van der Waals surface area contributed by atoms with E-state index in [9.17, 15) is 14.4 Å². The van der Waals surface area contributed by atoms with Crippen molar-refractivity contribution in [3.63, 3.8) is 0 Å². The van der Waals surface area contributed by atoms with Gasteiger partial charge in [-0.1, -0.05) is 12.1 Å². The van der Waals surface area contributed by atoms with Crippen molar-refractivity contribution in [3.05, 3.63) is 29.3 Å². The lowest BCUT2D eigenvalue weighted by molar-refractivity contribution is -0.133. The molecule has 0 unspecified atom stereocenters. The molecule has 0 spiro atoms. The van der Waals surface area contributed by atoms with E-state index in [0.29, 0.717) is 0 Å². The van der Waals surface area contributed by atoms with Gasteiger partial charge in [0.1, 0.15) is 0 Å². The van der Waals surface area contributed by atoms with Gasteiger partial charge in [-0.25, -0.2) is 0 Å². The normalized spacial score (nSPS) is 10.0. The number of hydrogen-bond acceptors (Lipinski definition) is 3. The lowest BCUT2D eigenvalue weighted by atomic mass is 10.1. The van der Waals surface area contributed by atoms with E-state index in [1.807, 2.05) is 32.0 Å². The molecule has 22 heavy (non-hydrogen) atoms. The first-order valence-corrected chi connectivity index (χ1v) is 7.15. The van der Waals surface area contributed by atoms with Gasteiger partial charge in [-0.15, -0.1) is 0 Å². The standard InChI is InChI=1S/C16H23N3O3/c1-11-5-6-12(2)14(9-11)18-15(21)10-19(4)16(22)7-8-17-13(3)20/h5-6,9H,7-8,10H2,1-4H3,(H,17,20)(H,18,21). The van der Waals surface area contributed by atoms with Crippen molar-refractivity contribution < 1.29 is 14.4 Å². The molecule has 0 bridgehead atoms. The summed E-state index contributed by atoms with van der Waals surface area (Å²) in [6.07, 6.45) is 0.173. The molecule has 0 radical (unpaired) electrons. The highest BCUT2D eigenvalue weighted by molar-refractivity contribution is 5.95. The van der Waals surface area contributed by atoms with E-state index in [0.717, 1.165) is 16.8 Å². The molecule has 0 saturated carbocycles. The van der Waals surface area contributed by atoms with E-state index in [-0.39, 0.29) is 37.2 Å². The molecule has 0 fully saturated rings. The van der Waals surface area contributed by atoms with Crippen LogP contribution in [0.25, 0.3) is 0 Å². The van der Waals surface area contributed by atoms with Crippen LogP contribution in [-0.2, 0) is 14.4 Å². The summed E-state index contributed by atoms with van der Waals surface area (Å²) >= 11 is 0. The molecule has 6 heteroatoms. The number of amides is 3. The monoisotopic (exact) mass is 305 g/mol. The first kappa shape index (κ1) is 17.7. The molecule has 0 aromatic heterocycles. The van der Waals surface area contributed by atoms with Crippen LogP contribution < -0.4 is 10.6 Å². The predicted octanol–water partition coefficient (Wildman–Crippen LogP) is 1.23. The molecule has 0 aliphatic rings. The lowest BCUT2D eigenvalue weighted by Gasteiger charge is -2.17. The fourth-order valence-corrected chi connectivity index (χ4v) is 1.90. The molecule has 0 saturated heterocycles. The molecule has 2 N–H and O–H groups in total. The number of hydrogen-bond donors (Lipinski definition) is 2. The minimum atomic E-state index is -0.246. The zero-order valence-electron chi connectivity index (χ0n) is 13.5. The number of nitrogens with one attached hydrogen (secondary N) is 2. The first-order chi connectivity index (χ1) is 10.3. The van der Waals surface area contributed by atoms with Crippen LogP contribution in [0.2, 0.25) is 0 Å². The average Bonchev–Trinajstić information content (AvgIpc) is 2.42. The summed E-state index contributed by atoms with van der Waals surface area (Å²) in [5, 5.41) is 5.36. The Morgan fingerprint density at radius 3 is 2.50 bits per heavy atom. The molecule has 0 atom stereocenters. The Morgan fingerprint density at radius 2 is 1.86 bits per heavy atom. The van der Waals surface area contributed by atoms with Crippen LogP contribution >= 0.6 is 0 Å². The van der Waals surface area contributed by atoms with Gasteiger partial charge in [0.15, 0.2) is 0 Å². The number of nitrogens with zero attached hydrogens (tertiary/aromatic N) is 1. The molecule has 1 rings (SSSR count). The first-order valence-electron chi connectivity index (χ1n) is 7.15. The number of rotatable bonds is 6. The van der Waals surface area contributed by atoms with Crippen LogP contribution in [0.15, 0.2) is 18.2 Å². The number of carbonyl (C=O) groups is 3. The second-order valence-electron chi connectivity index (χ2n) is 5.35.